The van der Waals surface area contributed by atoms with Crippen molar-refractivity contribution in [1.82, 2.24) is 9.88 Å². The van der Waals surface area contributed by atoms with Crippen LogP contribution in [0, 0.1) is 6.92 Å². The fourth-order valence-corrected chi connectivity index (χ4v) is 3.11. The van der Waals surface area contributed by atoms with Crippen LogP contribution in [0.5, 0.6) is 0 Å². The molecule has 1 heterocycles. The highest BCUT2D eigenvalue weighted by atomic mass is 32.1. The molecule has 0 spiro atoms. The number of benzene rings is 1. The van der Waals surface area contributed by atoms with Crippen molar-refractivity contribution in [2.45, 2.75) is 19.5 Å². The van der Waals surface area contributed by atoms with Crippen molar-refractivity contribution in [2.75, 3.05) is 14.1 Å². The number of nitrogens with zero attached hydrogens (tertiary/aromatic N) is 2. The van der Waals surface area contributed by atoms with Crippen LogP contribution in [0.15, 0.2) is 29.6 Å². The van der Waals surface area contributed by atoms with E-state index >= 15 is 0 Å². The Morgan fingerprint density at radius 3 is 2.61 bits per heavy atom. The van der Waals surface area contributed by atoms with E-state index in [1.165, 1.54) is 11.1 Å². The van der Waals surface area contributed by atoms with Crippen LogP contribution in [0.2, 0.25) is 0 Å². The van der Waals surface area contributed by atoms with Crippen LogP contribution in [0.4, 0.5) is 0 Å². The Kier molecular flexibility index (Phi) is 4.11. The molecule has 0 saturated heterocycles. The van der Waals surface area contributed by atoms with Crippen molar-refractivity contribution in [3.8, 4) is 0 Å². The summed E-state index contributed by atoms with van der Waals surface area (Å²) in [7, 11) is 4.17. The Labute approximate surface area is 112 Å². The minimum Gasteiger partial charge on any atom is -0.325 e. The van der Waals surface area contributed by atoms with E-state index in [0.29, 0.717) is 6.54 Å². The predicted octanol–water partition coefficient (Wildman–Crippen LogP) is 2.56. The number of nitrogens with two attached hydrogens (primary N) is 1. The summed E-state index contributed by atoms with van der Waals surface area (Å²) in [5, 5.41) is 3.15. The molecule has 0 amide bonds. The molecule has 0 saturated carbocycles. The third-order valence-electron chi connectivity index (χ3n) is 3.01. The number of hydrogen-bond donors (Lipinski definition) is 1. The third kappa shape index (κ3) is 2.61. The molecule has 2 rings (SSSR count). The lowest BCUT2D eigenvalue weighted by Gasteiger charge is -2.24. The van der Waals surface area contributed by atoms with Crippen molar-refractivity contribution in [2.24, 2.45) is 5.73 Å². The topological polar surface area (TPSA) is 42.1 Å². The summed E-state index contributed by atoms with van der Waals surface area (Å²) >= 11 is 1.68. The number of rotatable bonds is 4. The molecule has 0 fully saturated rings. The van der Waals surface area contributed by atoms with Crippen molar-refractivity contribution in [3.63, 3.8) is 0 Å². The van der Waals surface area contributed by atoms with Gasteiger partial charge in [-0.25, -0.2) is 4.98 Å². The maximum absolute atomic E-state index is 5.64. The average Bonchev–Trinajstić information content (AvgIpc) is 2.80. The van der Waals surface area contributed by atoms with Crippen LogP contribution in [-0.4, -0.2) is 24.0 Å². The second-order valence-corrected chi connectivity index (χ2v) is 5.49. The monoisotopic (exact) mass is 261 g/mol. The van der Waals surface area contributed by atoms with Crippen molar-refractivity contribution < 1.29 is 0 Å². The fourth-order valence-electron chi connectivity index (χ4n) is 2.07. The minimum absolute atomic E-state index is 0.205. The Morgan fingerprint density at radius 1 is 1.33 bits per heavy atom. The molecule has 0 aliphatic rings. The molecule has 4 heteroatoms. The normalized spacial score (nSPS) is 12.9. The molecule has 1 atom stereocenters. The van der Waals surface area contributed by atoms with Gasteiger partial charge >= 0.3 is 0 Å². The molecule has 0 aliphatic heterocycles. The van der Waals surface area contributed by atoms with Gasteiger partial charge in [-0.05, 0) is 32.1 Å². The first kappa shape index (κ1) is 13.2. The van der Waals surface area contributed by atoms with Gasteiger partial charge in [0.15, 0.2) is 0 Å². The second kappa shape index (κ2) is 5.61. The summed E-state index contributed by atoms with van der Waals surface area (Å²) in [6.45, 7) is 2.65. The first-order valence-corrected chi connectivity index (χ1v) is 6.87. The van der Waals surface area contributed by atoms with Gasteiger partial charge in [-0.15, -0.1) is 11.3 Å². The fraction of sp³-hybridized carbons (Fsp3) is 0.357. The highest BCUT2D eigenvalue weighted by molar-refractivity contribution is 7.09. The molecule has 3 nitrogen and oxygen atoms in total. The Morgan fingerprint density at radius 2 is 2.06 bits per heavy atom. The molecule has 0 radical (unpaired) electrons. The number of aryl methyl sites for hydroxylation is 1. The van der Waals surface area contributed by atoms with E-state index in [2.05, 4.69) is 55.2 Å². The summed E-state index contributed by atoms with van der Waals surface area (Å²) in [6, 6.07) is 8.67. The number of hydrogen-bond acceptors (Lipinski definition) is 4. The summed E-state index contributed by atoms with van der Waals surface area (Å²) in [5.41, 5.74) is 9.20. The van der Waals surface area contributed by atoms with E-state index in [1.807, 2.05) is 5.38 Å². The molecule has 2 N–H and O–H groups in total. The lowest BCUT2D eigenvalue weighted by molar-refractivity contribution is 0.340. The third-order valence-corrected chi connectivity index (χ3v) is 3.96. The quantitative estimate of drug-likeness (QED) is 0.919. The molecule has 0 bridgehead atoms. The van der Waals surface area contributed by atoms with Gasteiger partial charge in [0.05, 0.1) is 11.7 Å². The first-order chi connectivity index (χ1) is 8.63. The molecular weight excluding hydrogens is 242 g/mol. The Hall–Kier alpha value is -1.23. The molecule has 0 aliphatic carbocycles. The van der Waals surface area contributed by atoms with Gasteiger partial charge in [-0.1, -0.05) is 24.3 Å². The van der Waals surface area contributed by atoms with E-state index in [9.17, 15) is 0 Å². The van der Waals surface area contributed by atoms with Gasteiger partial charge < -0.3 is 5.73 Å². The molecule has 96 valence electrons. The smallest absolute Gasteiger partial charge is 0.115 e. The van der Waals surface area contributed by atoms with Gasteiger partial charge in [0.25, 0.3) is 0 Å². The van der Waals surface area contributed by atoms with Crippen LogP contribution >= 0.6 is 11.3 Å². The highest BCUT2D eigenvalue weighted by Crippen LogP contribution is 2.30. The molecule has 1 aromatic heterocycles. The zero-order valence-corrected chi connectivity index (χ0v) is 11.9. The first-order valence-electron chi connectivity index (χ1n) is 5.99. The summed E-state index contributed by atoms with van der Waals surface area (Å²) in [5.74, 6) is 0. The summed E-state index contributed by atoms with van der Waals surface area (Å²) in [4.78, 5) is 6.82. The Bertz CT molecular complexity index is 519. The van der Waals surface area contributed by atoms with Crippen molar-refractivity contribution >= 4 is 11.3 Å². The minimum atomic E-state index is 0.205. The van der Waals surface area contributed by atoms with Crippen LogP contribution in [-0.2, 0) is 6.54 Å². The van der Waals surface area contributed by atoms with Crippen LogP contribution < -0.4 is 5.73 Å². The summed E-state index contributed by atoms with van der Waals surface area (Å²) in [6.07, 6.45) is 0. The largest absolute Gasteiger partial charge is 0.325 e. The van der Waals surface area contributed by atoms with E-state index in [-0.39, 0.29) is 6.04 Å². The highest BCUT2D eigenvalue weighted by Gasteiger charge is 2.21. The zero-order chi connectivity index (χ0) is 13.1. The standard InChI is InChI=1S/C14H19N3S/c1-10-6-4-5-7-12(10)13(17(2)3)14-16-11(8-15)9-18-14/h4-7,9,13H,8,15H2,1-3H3. The molecule has 1 aromatic carbocycles. The maximum Gasteiger partial charge on any atom is 0.115 e. The summed E-state index contributed by atoms with van der Waals surface area (Å²) < 4.78 is 0. The lowest BCUT2D eigenvalue weighted by atomic mass is 10.0. The van der Waals surface area contributed by atoms with Gasteiger partial charge in [0, 0.05) is 11.9 Å². The molecule has 2 aromatic rings. The van der Waals surface area contributed by atoms with Gasteiger partial charge in [0.1, 0.15) is 5.01 Å². The van der Waals surface area contributed by atoms with Crippen LogP contribution in [0.1, 0.15) is 27.9 Å². The second-order valence-electron chi connectivity index (χ2n) is 4.60. The zero-order valence-electron chi connectivity index (χ0n) is 11.1. The van der Waals surface area contributed by atoms with Crippen molar-refractivity contribution in [1.29, 1.82) is 0 Å². The Balaban J connectivity index is 2.43. The van der Waals surface area contributed by atoms with E-state index in [1.54, 1.807) is 11.3 Å². The SMILES string of the molecule is Cc1ccccc1C(c1nc(CN)cs1)N(C)C. The van der Waals surface area contributed by atoms with Gasteiger partial charge in [0.2, 0.25) is 0 Å². The molecule has 18 heavy (non-hydrogen) atoms. The van der Waals surface area contributed by atoms with E-state index in [0.717, 1.165) is 10.7 Å². The van der Waals surface area contributed by atoms with Gasteiger partial charge in [-0.2, -0.15) is 0 Å². The van der Waals surface area contributed by atoms with Crippen LogP contribution in [0.25, 0.3) is 0 Å². The van der Waals surface area contributed by atoms with E-state index < -0.39 is 0 Å². The number of thiazole rings is 1. The number of aromatic nitrogens is 1. The van der Waals surface area contributed by atoms with Crippen molar-refractivity contribution in [3.05, 3.63) is 51.5 Å². The van der Waals surface area contributed by atoms with Gasteiger partial charge in [-0.3, -0.25) is 4.90 Å². The average molecular weight is 261 g/mol. The predicted molar refractivity (Wildman–Crippen MR) is 76.7 cm³/mol. The molecular formula is C14H19N3S. The maximum atomic E-state index is 5.64. The molecule has 1 unspecified atom stereocenters. The van der Waals surface area contributed by atoms with Crippen LogP contribution in [0.3, 0.4) is 0 Å². The van der Waals surface area contributed by atoms with E-state index in [4.69, 9.17) is 5.73 Å². The lowest BCUT2D eigenvalue weighted by Crippen LogP contribution is -2.21.